The molecule has 5 nitrogen and oxygen atoms in total. The minimum absolute atomic E-state index is 0.00901. The second kappa shape index (κ2) is 7.40. The standard InChI is InChI=1S/C14H18BrClN2O3S/c1-17-4-6-18(7-5-17)22(20,21)14-9-11(2-3-13(14)16)8-12(19)10-15/h2-3,9H,4-8,10H2,1H3. The van der Waals surface area contributed by atoms with E-state index in [1.807, 2.05) is 7.05 Å². The molecule has 8 heteroatoms. The molecule has 0 bridgehead atoms. The van der Waals surface area contributed by atoms with Crippen LogP contribution in [0.25, 0.3) is 0 Å². The van der Waals surface area contributed by atoms with Crippen molar-refractivity contribution in [1.82, 2.24) is 9.21 Å². The zero-order valence-electron chi connectivity index (χ0n) is 12.3. The van der Waals surface area contributed by atoms with Crippen molar-refractivity contribution in [3.05, 3.63) is 28.8 Å². The molecule has 0 atom stereocenters. The molecule has 0 N–H and O–H groups in total. The number of carbonyl (C=O) groups is 1. The highest BCUT2D eigenvalue weighted by molar-refractivity contribution is 9.09. The molecule has 22 heavy (non-hydrogen) atoms. The van der Waals surface area contributed by atoms with Crippen LogP contribution in [0.3, 0.4) is 0 Å². The van der Waals surface area contributed by atoms with Gasteiger partial charge in [0.15, 0.2) is 0 Å². The molecule has 1 aromatic rings. The van der Waals surface area contributed by atoms with Crippen LogP contribution in [0.4, 0.5) is 0 Å². The topological polar surface area (TPSA) is 57.7 Å². The number of Topliss-reactive ketones (excluding diaryl/α,β-unsaturated/α-hetero) is 1. The van der Waals surface area contributed by atoms with Crippen molar-refractivity contribution >= 4 is 43.3 Å². The average molecular weight is 410 g/mol. The minimum Gasteiger partial charge on any atom is -0.304 e. The summed E-state index contributed by atoms with van der Waals surface area (Å²) in [7, 11) is -1.67. The second-order valence-electron chi connectivity index (χ2n) is 5.32. The zero-order valence-corrected chi connectivity index (χ0v) is 15.4. The number of hydrogen-bond acceptors (Lipinski definition) is 4. The molecule has 122 valence electrons. The Bertz CT molecular complexity index is 658. The summed E-state index contributed by atoms with van der Waals surface area (Å²) in [4.78, 5) is 13.7. The number of nitrogens with zero attached hydrogens (tertiary/aromatic N) is 2. The van der Waals surface area contributed by atoms with E-state index in [0.717, 1.165) is 0 Å². The SMILES string of the molecule is CN1CCN(S(=O)(=O)c2cc(CC(=O)CBr)ccc2Cl)CC1. The maximum absolute atomic E-state index is 12.8. The van der Waals surface area contributed by atoms with Crippen LogP contribution in [0.15, 0.2) is 23.1 Å². The van der Waals surface area contributed by atoms with Crippen LogP contribution in [0.2, 0.25) is 5.02 Å². The Morgan fingerprint density at radius 3 is 2.50 bits per heavy atom. The third-order valence-corrected chi connectivity index (χ3v) is 6.63. The van der Waals surface area contributed by atoms with Crippen LogP contribution >= 0.6 is 27.5 Å². The molecule has 2 rings (SSSR count). The van der Waals surface area contributed by atoms with E-state index in [9.17, 15) is 13.2 Å². The highest BCUT2D eigenvalue weighted by atomic mass is 79.9. The lowest BCUT2D eigenvalue weighted by atomic mass is 10.1. The summed E-state index contributed by atoms with van der Waals surface area (Å²) in [5.41, 5.74) is 0.654. The predicted molar refractivity (Wildman–Crippen MR) is 90.2 cm³/mol. The number of sulfonamides is 1. The molecule has 0 radical (unpaired) electrons. The van der Waals surface area contributed by atoms with Crippen molar-refractivity contribution in [1.29, 1.82) is 0 Å². The van der Waals surface area contributed by atoms with Gasteiger partial charge < -0.3 is 4.90 Å². The molecule has 1 saturated heterocycles. The molecule has 1 heterocycles. The molecule has 1 aromatic carbocycles. The number of ketones is 1. The Morgan fingerprint density at radius 1 is 1.27 bits per heavy atom. The van der Waals surface area contributed by atoms with Crippen LogP contribution in [0.5, 0.6) is 0 Å². The Balaban J connectivity index is 2.29. The first-order valence-corrected chi connectivity index (χ1v) is 9.83. The van der Waals surface area contributed by atoms with Gasteiger partial charge in [-0.25, -0.2) is 8.42 Å². The van der Waals surface area contributed by atoms with E-state index < -0.39 is 10.0 Å². The van der Waals surface area contributed by atoms with Crippen molar-refractivity contribution in [2.75, 3.05) is 38.6 Å². The van der Waals surface area contributed by atoms with E-state index in [4.69, 9.17) is 11.6 Å². The van der Waals surface area contributed by atoms with E-state index >= 15 is 0 Å². The highest BCUT2D eigenvalue weighted by Gasteiger charge is 2.29. The van der Waals surface area contributed by atoms with Gasteiger partial charge in [-0.1, -0.05) is 33.6 Å². The average Bonchev–Trinajstić information content (AvgIpc) is 2.49. The fraction of sp³-hybridized carbons (Fsp3) is 0.500. The summed E-state index contributed by atoms with van der Waals surface area (Å²) in [5, 5.41) is 0.435. The Hall–Kier alpha value is -0.470. The van der Waals surface area contributed by atoms with Crippen LogP contribution in [-0.4, -0.2) is 62.0 Å². The molecule has 1 aliphatic heterocycles. The lowest BCUT2D eigenvalue weighted by molar-refractivity contribution is -0.115. The molecule has 0 aromatic heterocycles. The van der Waals surface area contributed by atoms with E-state index in [2.05, 4.69) is 20.8 Å². The van der Waals surface area contributed by atoms with Gasteiger partial charge in [0.25, 0.3) is 0 Å². The van der Waals surface area contributed by atoms with Crippen LogP contribution in [0.1, 0.15) is 5.56 Å². The van der Waals surface area contributed by atoms with Crippen molar-refractivity contribution in [2.24, 2.45) is 0 Å². The first-order chi connectivity index (χ1) is 10.3. The lowest BCUT2D eigenvalue weighted by Crippen LogP contribution is -2.47. The van der Waals surface area contributed by atoms with Gasteiger partial charge in [0.05, 0.1) is 10.4 Å². The van der Waals surface area contributed by atoms with Gasteiger partial charge in [0.1, 0.15) is 10.7 Å². The van der Waals surface area contributed by atoms with Gasteiger partial charge in [0, 0.05) is 32.6 Å². The molecule has 1 fully saturated rings. The van der Waals surface area contributed by atoms with Crippen molar-refractivity contribution < 1.29 is 13.2 Å². The number of benzene rings is 1. The van der Waals surface area contributed by atoms with Crippen molar-refractivity contribution in [3.63, 3.8) is 0 Å². The van der Waals surface area contributed by atoms with Crippen LogP contribution in [0, 0.1) is 0 Å². The fourth-order valence-corrected chi connectivity index (χ4v) is 4.44. The smallest absolute Gasteiger partial charge is 0.244 e. The third-order valence-electron chi connectivity index (χ3n) is 3.63. The number of likely N-dealkylation sites (N-methyl/N-ethyl adjacent to an activating group) is 1. The van der Waals surface area contributed by atoms with Gasteiger partial charge in [-0.3, -0.25) is 4.79 Å². The van der Waals surface area contributed by atoms with E-state index in [1.54, 1.807) is 12.1 Å². The second-order valence-corrected chi connectivity index (χ2v) is 8.20. The maximum Gasteiger partial charge on any atom is 0.244 e. The van der Waals surface area contributed by atoms with Gasteiger partial charge in [-0.15, -0.1) is 0 Å². The van der Waals surface area contributed by atoms with Crippen molar-refractivity contribution in [3.8, 4) is 0 Å². The molecule has 0 amide bonds. The largest absolute Gasteiger partial charge is 0.304 e. The lowest BCUT2D eigenvalue weighted by Gasteiger charge is -2.31. The molecular weight excluding hydrogens is 392 g/mol. The van der Waals surface area contributed by atoms with Gasteiger partial charge in [-0.05, 0) is 24.7 Å². The van der Waals surface area contributed by atoms with Gasteiger partial charge >= 0.3 is 0 Å². The molecule has 0 unspecified atom stereocenters. The molecule has 0 aliphatic carbocycles. The number of piperazine rings is 1. The first-order valence-electron chi connectivity index (χ1n) is 6.89. The van der Waals surface area contributed by atoms with Crippen molar-refractivity contribution in [2.45, 2.75) is 11.3 Å². The number of carbonyl (C=O) groups excluding carboxylic acids is 1. The Kier molecular flexibility index (Phi) is 6.01. The van der Waals surface area contributed by atoms with E-state index in [1.165, 1.54) is 10.4 Å². The first kappa shape index (κ1) is 17.9. The van der Waals surface area contributed by atoms with E-state index in [-0.39, 0.29) is 27.5 Å². The number of alkyl halides is 1. The Labute approximate surface area is 144 Å². The summed E-state index contributed by atoms with van der Waals surface area (Å²) >= 11 is 9.19. The molecule has 0 saturated carbocycles. The Morgan fingerprint density at radius 2 is 1.91 bits per heavy atom. The summed E-state index contributed by atoms with van der Waals surface area (Å²) in [6, 6.07) is 4.74. The maximum atomic E-state index is 12.8. The monoisotopic (exact) mass is 408 g/mol. The van der Waals surface area contributed by atoms with Gasteiger partial charge in [-0.2, -0.15) is 4.31 Å². The van der Waals surface area contributed by atoms with Crippen LogP contribution in [-0.2, 0) is 21.2 Å². The zero-order chi connectivity index (χ0) is 16.3. The normalized spacial score (nSPS) is 17.6. The predicted octanol–water partition coefficient (Wildman–Crippen LogP) is 1.78. The number of halogens is 2. The summed E-state index contributed by atoms with van der Waals surface area (Å²) in [5.74, 6) is -0.00901. The summed E-state index contributed by atoms with van der Waals surface area (Å²) < 4.78 is 27.0. The fourth-order valence-electron chi connectivity index (χ4n) is 2.30. The van der Waals surface area contributed by atoms with Gasteiger partial charge in [0.2, 0.25) is 10.0 Å². The minimum atomic E-state index is -3.63. The number of hydrogen-bond donors (Lipinski definition) is 0. The quantitative estimate of drug-likeness (QED) is 0.696. The molecule has 0 spiro atoms. The molecule has 1 aliphatic rings. The summed E-state index contributed by atoms with van der Waals surface area (Å²) in [6.07, 6.45) is 0.188. The van der Waals surface area contributed by atoms with Crippen LogP contribution < -0.4 is 0 Å². The third kappa shape index (κ3) is 4.08. The van der Waals surface area contributed by atoms with E-state index in [0.29, 0.717) is 31.7 Å². The molecular formula is C14H18BrClN2O3S. The highest BCUT2D eigenvalue weighted by Crippen LogP contribution is 2.26. The summed E-state index contributed by atoms with van der Waals surface area (Å²) in [6.45, 7) is 2.27. The number of rotatable bonds is 5.